The van der Waals surface area contributed by atoms with E-state index in [1.807, 2.05) is 44.2 Å². The van der Waals surface area contributed by atoms with E-state index in [0.717, 1.165) is 18.4 Å². The van der Waals surface area contributed by atoms with Crippen LogP contribution >= 0.6 is 7.75 Å². The van der Waals surface area contributed by atoms with E-state index in [1.165, 1.54) is 30.3 Å². The first-order chi connectivity index (χ1) is 21.7. The lowest BCUT2D eigenvalue weighted by molar-refractivity contribution is -0.384. The number of para-hydroxylation sites is 1. The topological polar surface area (TPSA) is 155 Å². The van der Waals surface area contributed by atoms with Crippen molar-refractivity contribution in [3.8, 4) is 11.5 Å². The van der Waals surface area contributed by atoms with Crippen LogP contribution < -0.4 is 19.5 Å². The van der Waals surface area contributed by atoms with Gasteiger partial charge in [0.25, 0.3) is 5.69 Å². The maximum atomic E-state index is 14.1. The number of hydrogen-bond donors (Lipinski definition) is 2. The van der Waals surface area contributed by atoms with Crippen molar-refractivity contribution < 1.29 is 37.6 Å². The smallest absolute Gasteiger partial charge is 0.461 e. The van der Waals surface area contributed by atoms with Gasteiger partial charge in [-0.15, -0.1) is 0 Å². The zero-order valence-electron chi connectivity index (χ0n) is 25.3. The molecule has 1 atom stereocenters. The van der Waals surface area contributed by atoms with Crippen LogP contribution in [-0.2, 0) is 25.4 Å². The van der Waals surface area contributed by atoms with E-state index in [0.29, 0.717) is 6.42 Å². The molecular formula is C32H38N3O9P. The van der Waals surface area contributed by atoms with Gasteiger partial charge in [0, 0.05) is 18.7 Å². The highest BCUT2D eigenvalue weighted by Crippen LogP contribution is 2.46. The van der Waals surface area contributed by atoms with Crippen LogP contribution in [0.3, 0.4) is 0 Å². The normalized spacial score (nSPS) is 12.5. The molecule has 0 fully saturated rings. The standard InChI is InChI=1S/C32H38N3O9P/c1-3-25(4-2)23-41-31(36)30(17-11-12-22-33-32(37)42-24-26-13-7-5-8-14-26)34-45(40,43-28-15-9-6-10-16-28)44-29-20-18-27(19-21-29)35(38)39/h5-10,13-21,25H,3-4,11-12,22-24H2,1-2H3,(H,33,37)(H,34,40)/b30-17+. The molecule has 0 spiro atoms. The molecule has 0 aromatic heterocycles. The zero-order valence-corrected chi connectivity index (χ0v) is 26.2. The van der Waals surface area contributed by atoms with E-state index in [4.69, 9.17) is 18.5 Å². The van der Waals surface area contributed by atoms with E-state index in [2.05, 4.69) is 10.4 Å². The first kappa shape index (κ1) is 34.7. The predicted molar refractivity (Wildman–Crippen MR) is 169 cm³/mol. The van der Waals surface area contributed by atoms with Crippen LogP contribution in [0, 0.1) is 16.0 Å². The Kier molecular flexibility index (Phi) is 13.9. The SMILES string of the molecule is CCC(CC)COC(=O)/C(=C\CCCNC(=O)OCc1ccccc1)NP(=O)(Oc1ccccc1)Oc1ccc([N+](=O)[O-])cc1. The minimum atomic E-state index is -4.36. The molecule has 0 radical (unpaired) electrons. The number of allylic oxidation sites excluding steroid dienone is 1. The summed E-state index contributed by atoms with van der Waals surface area (Å²) in [5.74, 6) is -0.417. The molecule has 3 rings (SSSR count). The molecule has 1 unspecified atom stereocenters. The fourth-order valence-electron chi connectivity index (χ4n) is 3.88. The van der Waals surface area contributed by atoms with Crippen molar-refractivity contribution in [2.75, 3.05) is 13.2 Å². The number of ether oxygens (including phenoxy) is 2. The van der Waals surface area contributed by atoms with Crippen molar-refractivity contribution in [3.63, 3.8) is 0 Å². The highest BCUT2D eigenvalue weighted by Gasteiger charge is 2.33. The Hall–Kier alpha value is -4.83. The summed E-state index contributed by atoms with van der Waals surface area (Å²) in [6.07, 6.45) is 3.22. The largest absolute Gasteiger partial charge is 0.541 e. The quantitative estimate of drug-likeness (QED) is 0.0361. The van der Waals surface area contributed by atoms with Crippen molar-refractivity contribution in [2.24, 2.45) is 5.92 Å². The summed E-state index contributed by atoms with van der Waals surface area (Å²) in [6.45, 7) is 4.53. The molecule has 3 aromatic rings. The number of carbonyl (C=O) groups is 2. The zero-order chi connectivity index (χ0) is 32.5. The lowest BCUT2D eigenvalue weighted by Gasteiger charge is -2.22. The third kappa shape index (κ3) is 12.4. The minimum absolute atomic E-state index is 0.00956. The number of rotatable bonds is 18. The van der Waals surface area contributed by atoms with E-state index in [1.54, 1.807) is 30.3 Å². The summed E-state index contributed by atoms with van der Waals surface area (Å²) in [7, 11) is -4.36. The summed E-state index contributed by atoms with van der Waals surface area (Å²) < 4.78 is 36.3. The van der Waals surface area contributed by atoms with Gasteiger partial charge in [0.2, 0.25) is 0 Å². The molecule has 12 nitrogen and oxygen atoms in total. The lowest BCUT2D eigenvalue weighted by atomic mass is 10.1. The number of nitrogens with one attached hydrogen (secondary N) is 2. The second-order valence-electron chi connectivity index (χ2n) is 9.89. The predicted octanol–water partition coefficient (Wildman–Crippen LogP) is 7.32. The Labute approximate surface area is 262 Å². The number of benzene rings is 3. The van der Waals surface area contributed by atoms with Gasteiger partial charge in [-0.2, -0.15) is 0 Å². The number of nitrogens with zero attached hydrogens (tertiary/aromatic N) is 1. The van der Waals surface area contributed by atoms with Crippen molar-refractivity contribution in [1.29, 1.82) is 0 Å². The Balaban J connectivity index is 1.73. The number of alkyl carbamates (subject to hydrolysis) is 1. The second kappa shape index (κ2) is 18.1. The Bertz CT molecular complexity index is 1450. The molecular weight excluding hydrogens is 601 g/mol. The number of nitro groups is 1. The van der Waals surface area contributed by atoms with Gasteiger partial charge in [-0.3, -0.25) is 15.2 Å². The molecule has 2 N–H and O–H groups in total. The van der Waals surface area contributed by atoms with Gasteiger partial charge in [0.15, 0.2) is 0 Å². The second-order valence-corrected chi connectivity index (χ2v) is 11.5. The highest BCUT2D eigenvalue weighted by atomic mass is 31.2. The molecule has 1 amide bonds. The molecule has 3 aromatic carbocycles. The number of unbranched alkanes of at least 4 members (excludes halogenated alkanes) is 1. The number of esters is 1. The Morgan fingerprint density at radius 1 is 0.889 bits per heavy atom. The van der Waals surface area contributed by atoms with Crippen molar-refractivity contribution >= 4 is 25.5 Å². The molecule has 0 aliphatic carbocycles. The van der Waals surface area contributed by atoms with Gasteiger partial charge < -0.3 is 23.8 Å². The van der Waals surface area contributed by atoms with Gasteiger partial charge in [-0.05, 0) is 48.6 Å². The molecule has 13 heteroatoms. The van der Waals surface area contributed by atoms with Crippen LogP contribution in [0.1, 0.15) is 45.1 Å². The lowest BCUT2D eigenvalue weighted by Crippen LogP contribution is -2.26. The Morgan fingerprint density at radius 2 is 1.49 bits per heavy atom. The third-order valence-corrected chi connectivity index (χ3v) is 7.95. The molecule has 0 saturated carbocycles. The number of nitro benzene ring substituents is 1. The van der Waals surface area contributed by atoms with Crippen LogP contribution in [0.5, 0.6) is 11.5 Å². The monoisotopic (exact) mass is 639 g/mol. The van der Waals surface area contributed by atoms with Gasteiger partial charge in [0.05, 0.1) is 11.5 Å². The molecule has 0 aliphatic rings. The van der Waals surface area contributed by atoms with Crippen LogP contribution in [0.15, 0.2) is 96.7 Å². The fourth-order valence-corrected chi connectivity index (χ4v) is 5.29. The molecule has 240 valence electrons. The first-order valence-corrected chi connectivity index (χ1v) is 16.1. The minimum Gasteiger partial charge on any atom is -0.461 e. The summed E-state index contributed by atoms with van der Waals surface area (Å²) in [5.41, 5.74) is 0.516. The van der Waals surface area contributed by atoms with Gasteiger partial charge >= 0.3 is 19.8 Å². The van der Waals surface area contributed by atoms with E-state index < -0.39 is 24.7 Å². The maximum Gasteiger partial charge on any atom is 0.541 e. The summed E-state index contributed by atoms with van der Waals surface area (Å²) >= 11 is 0. The number of hydrogen-bond acceptors (Lipinski definition) is 9. The molecule has 45 heavy (non-hydrogen) atoms. The summed E-state index contributed by atoms with van der Waals surface area (Å²) in [5, 5.41) is 16.3. The first-order valence-electron chi connectivity index (χ1n) is 14.6. The molecule has 0 aliphatic heterocycles. The molecule has 0 bridgehead atoms. The van der Waals surface area contributed by atoms with E-state index >= 15 is 0 Å². The number of amides is 1. The summed E-state index contributed by atoms with van der Waals surface area (Å²) in [4.78, 5) is 35.8. The van der Waals surface area contributed by atoms with Crippen molar-refractivity contribution in [2.45, 2.75) is 46.1 Å². The van der Waals surface area contributed by atoms with Crippen LogP contribution in [0.4, 0.5) is 10.5 Å². The number of carbonyl (C=O) groups excluding carboxylic acids is 2. The Morgan fingerprint density at radius 3 is 2.09 bits per heavy atom. The summed E-state index contributed by atoms with van der Waals surface area (Å²) in [6, 6.07) is 22.4. The molecule has 0 heterocycles. The third-order valence-electron chi connectivity index (χ3n) is 6.54. The van der Waals surface area contributed by atoms with E-state index in [-0.39, 0.29) is 55.0 Å². The average molecular weight is 640 g/mol. The molecule has 0 saturated heterocycles. The van der Waals surface area contributed by atoms with Gasteiger partial charge in [0.1, 0.15) is 23.8 Å². The van der Waals surface area contributed by atoms with Crippen molar-refractivity contribution in [3.05, 3.63) is 112 Å². The van der Waals surface area contributed by atoms with Crippen molar-refractivity contribution in [1.82, 2.24) is 10.4 Å². The average Bonchev–Trinajstić information content (AvgIpc) is 3.04. The van der Waals surface area contributed by atoms with Crippen LogP contribution in [0.25, 0.3) is 0 Å². The maximum absolute atomic E-state index is 14.1. The van der Waals surface area contributed by atoms with E-state index in [9.17, 15) is 24.3 Å². The van der Waals surface area contributed by atoms with Crippen LogP contribution in [0.2, 0.25) is 0 Å². The van der Waals surface area contributed by atoms with Crippen LogP contribution in [-0.4, -0.2) is 30.1 Å². The fraction of sp³-hybridized carbons (Fsp3) is 0.312. The van der Waals surface area contributed by atoms with Gasteiger partial charge in [-0.1, -0.05) is 81.3 Å². The highest BCUT2D eigenvalue weighted by molar-refractivity contribution is 7.52. The van der Waals surface area contributed by atoms with Gasteiger partial charge in [-0.25, -0.2) is 14.2 Å². The number of non-ortho nitro benzene ring substituents is 1.